The highest BCUT2D eigenvalue weighted by Gasteiger charge is 2.46. The number of alkyl carbamates (subject to hydrolysis) is 1. The smallest absolute Gasteiger partial charge is 0.407 e. The van der Waals surface area contributed by atoms with Gasteiger partial charge in [-0.3, -0.25) is 19.2 Å². The van der Waals surface area contributed by atoms with E-state index < -0.39 is 41.1 Å². The molecule has 0 bridgehead atoms. The van der Waals surface area contributed by atoms with Crippen molar-refractivity contribution in [2.75, 3.05) is 13.1 Å². The van der Waals surface area contributed by atoms with Crippen LogP contribution in [0.5, 0.6) is 0 Å². The Labute approximate surface area is 349 Å². The number of allylic oxidation sites excluding steroid dienone is 1. The minimum atomic E-state index is -0.771. The van der Waals surface area contributed by atoms with Crippen molar-refractivity contribution in [2.24, 2.45) is 35.5 Å². The standard InChI is InChI=1S/C47H76N4O7/c1-31(2)25-34(7)21-22-36(27-35-17-13-12-14-18-35)44(55)50-24-16-20-40(50)42(53)28-38(33(5)6)43(54)49-39(41(52)26-32(3)4)19-15-23-48-45(56)58-37-29-46(8,9)51(57)47(10,11)30-37/h12-14,17-18,21-22,31-34,36-40,57H,15-16,19-20,23-30H2,1-11H3,(H,48,56)(H,49,54)/b22-21+/t34-,36-,38+,39+,40+/m1/s1. The summed E-state index contributed by atoms with van der Waals surface area (Å²) in [5.74, 6) is -0.945. The van der Waals surface area contributed by atoms with E-state index in [-0.39, 0.29) is 60.7 Å². The zero-order valence-corrected chi connectivity index (χ0v) is 37.5. The van der Waals surface area contributed by atoms with Crippen LogP contribution in [0.2, 0.25) is 0 Å². The second-order valence-electron chi connectivity index (χ2n) is 19.6. The average molecular weight is 809 g/mol. The molecule has 0 radical (unpaired) electrons. The third-order valence-electron chi connectivity index (χ3n) is 11.7. The van der Waals surface area contributed by atoms with Crippen molar-refractivity contribution in [2.45, 2.75) is 170 Å². The maximum atomic E-state index is 14.3. The molecular weight excluding hydrogens is 733 g/mol. The fourth-order valence-corrected chi connectivity index (χ4v) is 8.90. The summed E-state index contributed by atoms with van der Waals surface area (Å²) < 4.78 is 5.73. The summed E-state index contributed by atoms with van der Waals surface area (Å²) in [5.41, 5.74) is -0.0583. The summed E-state index contributed by atoms with van der Waals surface area (Å²) in [4.78, 5) is 70.3. The number of benzene rings is 1. The van der Waals surface area contributed by atoms with Crippen LogP contribution < -0.4 is 10.6 Å². The zero-order valence-electron chi connectivity index (χ0n) is 37.5. The van der Waals surface area contributed by atoms with Gasteiger partial charge in [0.25, 0.3) is 0 Å². The molecule has 0 unspecified atom stereocenters. The minimum Gasteiger partial charge on any atom is -0.446 e. The molecule has 2 saturated heterocycles. The number of carbonyl (C=O) groups excluding carboxylic acids is 5. The molecule has 2 aliphatic heterocycles. The second-order valence-corrected chi connectivity index (χ2v) is 19.6. The molecule has 0 spiro atoms. The van der Waals surface area contributed by atoms with Gasteiger partial charge in [0.1, 0.15) is 6.10 Å². The maximum absolute atomic E-state index is 14.3. The van der Waals surface area contributed by atoms with Crippen molar-refractivity contribution in [1.29, 1.82) is 0 Å². The molecule has 1 aromatic rings. The van der Waals surface area contributed by atoms with E-state index in [0.29, 0.717) is 56.9 Å². The van der Waals surface area contributed by atoms with Gasteiger partial charge in [0.2, 0.25) is 11.8 Å². The summed E-state index contributed by atoms with van der Waals surface area (Å²) in [7, 11) is 0. The first-order valence-electron chi connectivity index (χ1n) is 21.9. The molecule has 2 heterocycles. The third kappa shape index (κ3) is 14.9. The van der Waals surface area contributed by atoms with Crippen molar-refractivity contribution >= 4 is 29.5 Å². The van der Waals surface area contributed by atoms with E-state index in [1.54, 1.807) is 4.90 Å². The molecule has 2 aliphatic rings. The Kier molecular flexibility index (Phi) is 18.6. The van der Waals surface area contributed by atoms with Crippen LogP contribution in [-0.4, -0.2) is 87.0 Å². The molecule has 2 fully saturated rings. The van der Waals surface area contributed by atoms with Gasteiger partial charge in [-0.25, -0.2) is 4.79 Å². The first-order chi connectivity index (χ1) is 27.1. The van der Waals surface area contributed by atoms with Crippen LogP contribution in [0.3, 0.4) is 0 Å². The molecule has 1 aromatic carbocycles. The molecule has 0 aliphatic carbocycles. The largest absolute Gasteiger partial charge is 0.446 e. The molecular formula is C47H76N4O7. The lowest BCUT2D eigenvalue weighted by molar-refractivity contribution is -0.256. The van der Waals surface area contributed by atoms with Gasteiger partial charge < -0.3 is 25.5 Å². The topological polar surface area (TPSA) is 145 Å². The number of rotatable bonds is 21. The summed E-state index contributed by atoms with van der Waals surface area (Å²) in [6, 6.07) is 8.59. The number of nitrogens with zero attached hydrogens (tertiary/aromatic N) is 2. The SMILES string of the molecule is CC(C)CC(=O)[C@H](CCCNC(=O)OC1CC(C)(C)N(O)C(C)(C)C1)NC(=O)[C@@H](CC(=O)[C@@H]1CCCN1C(=O)[C@H](/C=C/[C@@H](C)CC(C)C)Cc1ccccc1)C(C)C. The molecule has 11 nitrogen and oxygen atoms in total. The molecule has 0 saturated carbocycles. The number of nitrogens with one attached hydrogen (secondary N) is 2. The van der Waals surface area contributed by atoms with Gasteiger partial charge in [0, 0.05) is 55.8 Å². The minimum absolute atomic E-state index is 0.0239. The van der Waals surface area contributed by atoms with Crippen LogP contribution in [0.15, 0.2) is 42.5 Å². The van der Waals surface area contributed by atoms with Crippen molar-refractivity contribution in [3.05, 3.63) is 48.0 Å². The van der Waals surface area contributed by atoms with Gasteiger partial charge in [-0.15, -0.1) is 0 Å². The van der Waals surface area contributed by atoms with Gasteiger partial charge in [-0.2, -0.15) is 5.06 Å². The number of hydrogen-bond donors (Lipinski definition) is 3. The Hall–Kier alpha value is -3.57. The number of piperidine rings is 1. The predicted octanol–water partition coefficient (Wildman–Crippen LogP) is 8.32. The monoisotopic (exact) mass is 809 g/mol. The lowest BCUT2D eigenvalue weighted by atomic mass is 9.80. The fraction of sp³-hybridized carbons (Fsp3) is 0.723. The molecule has 326 valence electrons. The van der Waals surface area contributed by atoms with Crippen LogP contribution in [0.4, 0.5) is 4.79 Å². The Bertz CT molecular complexity index is 1520. The second kappa shape index (κ2) is 22.2. The summed E-state index contributed by atoms with van der Waals surface area (Å²) in [5, 5.41) is 17.7. The van der Waals surface area contributed by atoms with Crippen LogP contribution in [0.1, 0.15) is 140 Å². The molecule has 11 heteroatoms. The Morgan fingerprint density at radius 3 is 2.12 bits per heavy atom. The summed E-state index contributed by atoms with van der Waals surface area (Å²) in [6.45, 7) is 22.7. The van der Waals surface area contributed by atoms with Crippen molar-refractivity contribution in [3.8, 4) is 0 Å². The number of hydroxylamine groups is 2. The number of ether oxygens (including phenoxy) is 1. The number of Topliss-reactive ketones (excluding diaryl/α,β-unsaturated/α-hetero) is 2. The van der Waals surface area contributed by atoms with E-state index in [1.807, 2.05) is 91.8 Å². The molecule has 0 aromatic heterocycles. The highest BCUT2D eigenvalue weighted by molar-refractivity contribution is 5.95. The molecule has 3 N–H and O–H groups in total. The van der Waals surface area contributed by atoms with E-state index in [2.05, 4.69) is 37.5 Å². The van der Waals surface area contributed by atoms with Gasteiger partial charge >= 0.3 is 6.09 Å². The quantitative estimate of drug-likeness (QED) is 0.0831. The number of ketones is 2. The van der Waals surface area contributed by atoms with E-state index in [4.69, 9.17) is 4.74 Å². The maximum Gasteiger partial charge on any atom is 0.407 e. The van der Waals surface area contributed by atoms with Crippen LogP contribution in [-0.2, 0) is 30.3 Å². The number of likely N-dealkylation sites (tertiary alicyclic amines) is 1. The normalized spacial score (nSPS) is 20.6. The van der Waals surface area contributed by atoms with Crippen LogP contribution >= 0.6 is 0 Å². The van der Waals surface area contributed by atoms with Gasteiger partial charge in [0.15, 0.2) is 11.6 Å². The van der Waals surface area contributed by atoms with Crippen molar-refractivity contribution < 1.29 is 33.9 Å². The molecule has 3 amide bonds. The first-order valence-corrected chi connectivity index (χ1v) is 21.9. The van der Waals surface area contributed by atoms with E-state index in [0.717, 1.165) is 18.4 Å². The summed E-state index contributed by atoms with van der Waals surface area (Å²) >= 11 is 0. The van der Waals surface area contributed by atoms with Crippen LogP contribution in [0, 0.1) is 35.5 Å². The number of hydrogen-bond acceptors (Lipinski definition) is 8. The highest BCUT2D eigenvalue weighted by Crippen LogP contribution is 2.38. The van der Waals surface area contributed by atoms with Gasteiger partial charge in [-0.1, -0.05) is 91.0 Å². The predicted molar refractivity (Wildman–Crippen MR) is 229 cm³/mol. The molecule has 5 atom stereocenters. The Balaban J connectivity index is 1.66. The highest BCUT2D eigenvalue weighted by atomic mass is 16.6. The van der Waals surface area contributed by atoms with Gasteiger partial charge in [-0.05, 0) is 95.5 Å². The first kappa shape index (κ1) is 48.8. The fourth-order valence-electron chi connectivity index (χ4n) is 8.90. The molecule has 3 rings (SSSR count). The Morgan fingerprint density at radius 1 is 0.897 bits per heavy atom. The Morgan fingerprint density at radius 2 is 1.53 bits per heavy atom. The van der Waals surface area contributed by atoms with Crippen LogP contribution in [0.25, 0.3) is 0 Å². The lowest BCUT2D eigenvalue weighted by Crippen LogP contribution is -2.60. The van der Waals surface area contributed by atoms with Gasteiger partial charge in [0.05, 0.1) is 18.0 Å². The van der Waals surface area contributed by atoms with E-state index in [9.17, 15) is 29.2 Å². The number of carbonyl (C=O) groups is 5. The van der Waals surface area contributed by atoms with E-state index in [1.165, 1.54) is 5.06 Å². The average Bonchev–Trinajstić information content (AvgIpc) is 3.62. The third-order valence-corrected chi connectivity index (χ3v) is 11.7. The lowest BCUT2D eigenvalue weighted by Gasteiger charge is -2.50. The van der Waals surface area contributed by atoms with Crippen molar-refractivity contribution in [1.82, 2.24) is 20.6 Å². The number of amides is 3. The zero-order chi connectivity index (χ0) is 43.4. The van der Waals surface area contributed by atoms with Crippen molar-refractivity contribution in [3.63, 3.8) is 0 Å². The molecule has 58 heavy (non-hydrogen) atoms. The summed E-state index contributed by atoms with van der Waals surface area (Å²) in [6.07, 6.45) is 8.06. The van der Waals surface area contributed by atoms with E-state index >= 15 is 0 Å².